The maximum absolute atomic E-state index is 12.9. The minimum Gasteiger partial charge on any atom is -0.508 e. The van der Waals surface area contributed by atoms with Crippen molar-refractivity contribution in [1.29, 1.82) is 0 Å². The van der Waals surface area contributed by atoms with Crippen molar-refractivity contribution in [1.82, 2.24) is 10.2 Å². The Morgan fingerprint density at radius 1 is 1.09 bits per heavy atom. The van der Waals surface area contributed by atoms with Gasteiger partial charge in [-0.05, 0) is 55.0 Å². The van der Waals surface area contributed by atoms with Crippen LogP contribution in [0.5, 0.6) is 5.75 Å². The third kappa shape index (κ3) is 7.55. The maximum Gasteiger partial charge on any atom is 0.226 e. The number of rotatable bonds is 10. The fraction of sp³-hybridized carbons (Fsp3) is 0.536. The summed E-state index contributed by atoms with van der Waals surface area (Å²) in [4.78, 5) is 14.9. The number of carbonyl (C=O) groups excluding carboxylic acids is 1. The van der Waals surface area contributed by atoms with E-state index in [-0.39, 0.29) is 24.3 Å². The topological polar surface area (TPSA) is 93.0 Å². The predicted octanol–water partition coefficient (Wildman–Crippen LogP) is 3.86. The van der Waals surface area contributed by atoms with Gasteiger partial charge in [-0.3, -0.25) is 4.79 Å². The highest BCUT2D eigenvalue weighted by molar-refractivity contribution is 5.78. The summed E-state index contributed by atoms with van der Waals surface area (Å²) in [6, 6.07) is 13.5. The van der Waals surface area contributed by atoms with E-state index in [9.17, 15) is 20.1 Å². The van der Waals surface area contributed by atoms with Crippen LogP contribution in [0, 0.1) is 0 Å². The molecule has 1 saturated carbocycles. The number of nitrogens with zero attached hydrogens (tertiary/aromatic N) is 1. The molecule has 0 unspecified atom stereocenters. The molecule has 6 heteroatoms. The summed E-state index contributed by atoms with van der Waals surface area (Å²) in [6.45, 7) is 2.16. The first kappa shape index (κ1) is 26.2. The molecule has 6 nitrogen and oxygen atoms in total. The first-order valence-electron chi connectivity index (χ1n) is 12.5. The second kappa shape index (κ2) is 12.9. The van der Waals surface area contributed by atoms with E-state index in [4.69, 9.17) is 0 Å². The number of phenols is 1. The van der Waals surface area contributed by atoms with Gasteiger partial charge in [0.05, 0.1) is 19.1 Å². The lowest BCUT2D eigenvalue weighted by Gasteiger charge is -2.27. The number of nitrogens with one attached hydrogen (secondary N) is 1. The summed E-state index contributed by atoms with van der Waals surface area (Å²) >= 11 is 0. The van der Waals surface area contributed by atoms with E-state index in [0.29, 0.717) is 30.1 Å². The van der Waals surface area contributed by atoms with Gasteiger partial charge in [0.1, 0.15) is 5.75 Å². The molecule has 34 heavy (non-hydrogen) atoms. The summed E-state index contributed by atoms with van der Waals surface area (Å²) in [5.41, 5.74) is 3.25. The van der Waals surface area contributed by atoms with Crippen LogP contribution in [0.1, 0.15) is 73.8 Å². The van der Waals surface area contributed by atoms with Crippen molar-refractivity contribution in [3.05, 3.63) is 64.7 Å². The molecule has 2 aromatic rings. The first-order chi connectivity index (χ1) is 16.4. The second-order valence-corrected chi connectivity index (χ2v) is 9.72. The lowest BCUT2D eigenvalue weighted by atomic mass is 10.0. The molecule has 1 aliphatic rings. The van der Waals surface area contributed by atoms with E-state index in [1.807, 2.05) is 24.1 Å². The third-order valence-electron chi connectivity index (χ3n) is 6.97. The molecule has 1 amide bonds. The van der Waals surface area contributed by atoms with Crippen molar-refractivity contribution in [3.63, 3.8) is 0 Å². The summed E-state index contributed by atoms with van der Waals surface area (Å²) in [5, 5.41) is 32.9. The Morgan fingerprint density at radius 2 is 1.79 bits per heavy atom. The summed E-state index contributed by atoms with van der Waals surface area (Å²) in [6.07, 6.45) is 7.69. The predicted molar refractivity (Wildman–Crippen MR) is 135 cm³/mol. The molecule has 1 fully saturated rings. The highest BCUT2D eigenvalue weighted by atomic mass is 16.3. The Kier molecular flexibility index (Phi) is 9.93. The van der Waals surface area contributed by atoms with Crippen molar-refractivity contribution in [3.8, 4) is 5.75 Å². The van der Waals surface area contributed by atoms with E-state index in [2.05, 4.69) is 24.4 Å². The molecule has 3 rings (SSSR count). The van der Waals surface area contributed by atoms with Crippen molar-refractivity contribution in [2.24, 2.45) is 0 Å². The fourth-order valence-electron chi connectivity index (χ4n) is 4.81. The number of carbonyl (C=O) groups is 1. The molecule has 2 atom stereocenters. The van der Waals surface area contributed by atoms with E-state index >= 15 is 0 Å². The maximum atomic E-state index is 12.9. The van der Waals surface area contributed by atoms with E-state index in [1.54, 1.807) is 12.1 Å². The van der Waals surface area contributed by atoms with Gasteiger partial charge in [-0.2, -0.15) is 0 Å². The van der Waals surface area contributed by atoms with Crippen molar-refractivity contribution in [2.45, 2.75) is 83.1 Å². The average molecular weight is 469 g/mol. The van der Waals surface area contributed by atoms with Crippen LogP contribution in [-0.2, 0) is 24.2 Å². The molecule has 186 valence electrons. The number of benzene rings is 2. The monoisotopic (exact) mass is 468 g/mol. The zero-order chi connectivity index (χ0) is 24.5. The van der Waals surface area contributed by atoms with Gasteiger partial charge in [0, 0.05) is 31.2 Å². The fourth-order valence-corrected chi connectivity index (χ4v) is 4.81. The quantitative estimate of drug-likeness (QED) is 0.397. The van der Waals surface area contributed by atoms with Crippen LogP contribution in [0.2, 0.25) is 0 Å². The number of hydrogen-bond donors (Lipinski definition) is 4. The Morgan fingerprint density at radius 3 is 2.50 bits per heavy atom. The Bertz CT molecular complexity index is 924. The molecule has 0 spiro atoms. The molecule has 4 N–H and O–H groups in total. The van der Waals surface area contributed by atoms with Crippen LogP contribution in [0.3, 0.4) is 0 Å². The Balaban J connectivity index is 1.50. The number of aromatic hydroxyl groups is 1. The van der Waals surface area contributed by atoms with Gasteiger partial charge in [-0.1, -0.05) is 56.0 Å². The van der Waals surface area contributed by atoms with Crippen molar-refractivity contribution < 1.29 is 20.1 Å². The van der Waals surface area contributed by atoms with E-state index in [1.165, 1.54) is 31.7 Å². The van der Waals surface area contributed by atoms with E-state index < -0.39 is 6.10 Å². The van der Waals surface area contributed by atoms with Gasteiger partial charge in [0.25, 0.3) is 0 Å². The summed E-state index contributed by atoms with van der Waals surface area (Å²) in [7, 11) is 1.96. The van der Waals surface area contributed by atoms with Gasteiger partial charge in [-0.25, -0.2) is 0 Å². The molecular weight excluding hydrogens is 428 g/mol. The van der Waals surface area contributed by atoms with Gasteiger partial charge < -0.3 is 25.5 Å². The molecule has 0 heterocycles. The number of amides is 1. The van der Waals surface area contributed by atoms with Crippen LogP contribution in [0.15, 0.2) is 42.5 Å². The van der Waals surface area contributed by atoms with Gasteiger partial charge in [0.2, 0.25) is 5.91 Å². The molecule has 1 aliphatic carbocycles. The molecule has 0 aliphatic heterocycles. The SMILES string of the molecule is C[C@H](Cc1cccc(CC(=O)N(C)C2CCCCCC2)c1)NC[C@H](O)c1ccc(O)c(CO)c1. The van der Waals surface area contributed by atoms with E-state index in [0.717, 1.165) is 30.4 Å². The molecule has 0 radical (unpaired) electrons. The highest BCUT2D eigenvalue weighted by Crippen LogP contribution is 2.23. The number of aliphatic hydroxyl groups excluding tert-OH is 2. The number of likely N-dealkylation sites (N-methyl/N-ethyl adjacent to an activating group) is 1. The largest absolute Gasteiger partial charge is 0.508 e. The van der Waals surface area contributed by atoms with Gasteiger partial charge >= 0.3 is 0 Å². The second-order valence-electron chi connectivity index (χ2n) is 9.72. The van der Waals surface area contributed by atoms with Crippen molar-refractivity contribution >= 4 is 5.91 Å². The average Bonchev–Trinajstić information content (AvgIpc) is 3.12. The smallest absolute Gasteiger partial charge is 0.226 e. The van der Waals surface area contributed by atoms with Crippen LogP contribution in [-0.4, -0.2) is 51.8 Å². The summed E-state index contributed by atoms with van der Waals surface area (Å²) in [5.74, 6) is 0.216. The van der Waals surface area contributed by atoms with Crippen LogP contribution >= 0.6 is 0 Å². The molecule has 0 bridgehead atoms. The van der Waals surface area contributed by atoms with Crippen LogP contribution < -0.4 is 5.32 Å². The molecule has 0 aromatic heterocycles. The van der Waals surface area contributed by atoms with Crippen LogP contribution in [0.25, 0.3) is 0 Å². The normalized spacial score (nSPS) is 16.6. The minimum absolute atomic E-state index is 0.0265. The highest BCUT2D eigenvalue weighted by Gasteiger charge is 2.21. The van der Waals surface area contributed by atoms with Crippen LogP contribution in [0.4, 0.5) is 0 Å². The lowest BCUT2D eigenvalue weighted by Crippen LogP contribution is -2.37. The van der Waals surface area contributed by atoms with Gasteiger partial charge in [-0.15, -0.1) is 0 Å². The molecular formula is C28H40N2O4. The lowest BCUT2D eigenvalue weighted by molar-refractivity contribution is -0.131. The molecule has 2 aromatic carbocycles. The molecule has 0 saturated heterocycles. The Labute approximate surface area is 203 Å². The minimum atomic E-state index is -0.739. The zero-order valence-electron chi connectivity index (χ0n) is 20.5. The Hall–Kier alpha value is -2.41. The number of aliphatic hydroxyl groups is 2. The standard InChI is InChI=1S/C28H40N2O4/c1-20(29-18-27(33)23-12-13-26(32)24(17-23)19-31)14-21-8-7-9-22(15-21)16-28(34)30(2)25-10-5-3-4-6-11-25/h7-9,12-13,15,17,20,25,27,29,31-33H,3-6,10-11,14,16,18-19H2,1-2H3/t20-,27+/m1/s1. The van der Waals surface area contributed by atoms with Gasteiger partial charge in [0.15, 0.2) is 0 Å². The first-order valence-corrected chi connectivity index (χ1v) is 12.5. The summed E-state index contributed by atoms with van der Waals surface area (Å²) < 4.78 is 0. The van der Waals surface area contributed by atoms with Crippen molar-refractivity contribution in [2.75, 3.05) is 13.6 Å². The number of hydrogen-bond acceptors (Lipinski definition) is 5. The third-order valence-corrected chi connectivity index (χ3v) is 6.97. The zero-order valence-corrected chi connectivity index (χ0v) is 20.5.